The standard InChI is InChI=1S/C31H31NO5/c1-30(2,3)37-29(34)32-31(28(33)35-4)16-15-20-11-13-24(17-23(20)19-31)36-25-14-12-22-10-9-21-7-5-6-8-26(21)27(22)18-25/h5-14,17-18H,15-16,19H2,1-4H3,(H,32,34). The molecule has 6 heteroatoms. The normalized spacial score (nSPS) is 17.2. The predicted molar refractivity (Wildman–Crippen MR) is 144 cm³/mol. The largest absolute Gasteiger partial charge is 0.467 e. The van der Waals surface area contributed by atoms with Crippen LogP contribution in [0.4, 0.5) is 4.79 Å². The van der Waals surface area contributed by atoms with Crippen LogP contribution in [0, 0.1) is 0 Å². The molecule has 1 unspecified atom stereocenters. The van der Waals surface area contributed by atoms with Gasteiger partial charge < -0.3 is 19.5 Å². The van der Waals surface area contributed by atoms with Crippen LogP contribution in [0.25, 0.3) is 21.5 Å². The summed E-state index contributed by atoms with van der Waals surface area (Å²) in [5.74, 6) is 0.902. The minimum absolute atomic E-state index is 0.286. The van der Waals surface area contributed by atoms with Crippen LogP contribution in [0.2, 0.25) is 0 Å². The number of hydrogen-bond acceptors (Lipinski definition) is 5. The van der Waals surface area contributed by atoms with Crippen molar-refractivity contribution in [3.8, 4) is 11.5 Å². The third kappa shape index (κ3) is 5.10. The van der Waals surface area contributed by atoms with Gasteiger partial charge in [0.25, 0.3) is 0 Å². The number of nitrogens with one attached hydrogen (secondary N) is 1. The lowest BCUT2D eigenvalue weighted by Gasteiger charge is -2.36. The van der Waals surface area contributed by atoms with Crippen molar-refractivity contribution in [2.24, 2.45) is 0 Å². The summed E-state index contributed by atoms with van der Waals surface area (Å²) < 4.78 is 16.8. The van der Waals surface area contributed by atoms with Crippen LogP contribution in [0.5, 0.6) is 11.5 Å². The van der Waals surface area contributed by atoms with Crippen LogP contribution in [-0.4, -0.2) is 30.3 Å². The first-order valence-electron chi connectivity index (χ1n) is 12.5. The van der Waals surface area contributed by atoms with E-state index in [-0.39, 0.29) is 6.42 Å². The molecule has 1 aliphatic rings. The van der Waals surface area contributed by atoms with Crippen molar-refractivity contribution in [3.05, 3.63) is 83.9 Å². The summed E-state index contributed by atoms with van der Waals surface area (Å²) in [6.07, 6.45) is 0.678. The number of aryl methyl sites for hydroxylation is 1. The number of hydrogen-bond donors (Lipinski definition) is 1. The zero-order valence-electron chi connectivity index (χ0n) is 21.6. The van der Waals surface area contributed by atoms with Crippen molar-refractivity contribution in [2.45, 2.75) is 51.2 Å². The Morgan fingerprint density at radius 1 is 0.838 bits per heavy atom. The van der Waals surface area contributed by atoms with Crippen LogP contribution in [-0.2, 0) is 27.1 Å². The molecule has 0 saturated heterocycles. The van der Waals surface area contributed by atoms with Gasteiger partial charge in [-0.15, -0.1) is 0 Å². The molecule has 0 aromatic heterocycles. The van der Waals surface area contributed by atoms with Crippen LogP contribution in [0.1, 0.15) is 38.3 Å². The van der Waals surface area contributed by atoms with Crippen LogP contribution in [0.15, 0.2) is 72.8 Å². The van der Waals surface area contributed by atoms with E-state index in [9.17, 15) is 9.59 Å². The number of amides is 1. The van der Waals surface area contributed by atoms with Gasteiger partial charge in [0.2, 0.25) is 0 Å². The van der Waals surface area contributed by atoms with Gasteiger partial charge in [0.05, 0.1) is 7.11 Å². The molecule has 1 atom stereocenters. The quantitative estimate of drug-likeness (QED) is 0.251. The van der Waals surface area contributed by atoms with Gasteiger partial charge in [0.15, 0.2) is 0 Å². The molecule has 1 aliphatic carbocycles. The number of esters is 1. The van der Waals surface area contributed by atoms with Gasteiger partial charge >= 0.3 is 12.1 Å². The van der Waals surface area contributed by atoms with Crippen molar-refractivity contribution in [1.82, 2.24) is 5.32 Å². The second-order valence-electron chi connectivity index (χ2n) is 10.6. The van der Waals surface area contributed by atoms with Gasteiger partial charge in [-0.05, 0) is 90.6 Å². The molecule has 0 aliphatic heterocycles. The number of benzene rings is 4. The highest BCUT2D eigenvalue weighted by Gasteiger charge is 2.44. The Morgan fingerprint density at radius 2 is 1.51 bits per heavy atom. The molecular weight excluding hydrogens is 466 g/mol. The molecule has 0 fully saturated rings. The highest BCUT2D eigenvalue weighted by atomic mass is 16.6. The summed E-state index contributed by atoms with van der Waals surface area (Å²) in [5, 5.41) is 7.43. The van der Waals surface area contributed by atoms with Gasteiger partial charge in [0.1, 0.15) is 22.6 Å². The Bertz CT molecular complexity index is 1500. The smallest absolute Gasteiger partial charge is 0.408 e. The predicted octanol–water partition coefficient (Wildman–Crippen LogP) is 6.71. The third-order valence-electron chi connectivity index (χ3n) is 6.76. The number of carbonyl (C=O) groups is 2. The van der Waals surface area contributed by atoms with Crippen molar-refractivity contribution in [2.75, 3.05) is 7.11 Å². The fraction of sp³-hybridized carbons (Fsp3) is 0.290. The molecule has 0 bridgehead atoms. The molecular formula is C31H31NO5. The minimum atomic E-state index is -1.20. The van der Waals surface area contributed by atoms with E-state index in [2.05, 4.69) is 41.7 Å². The van der Waals surface area contributed by atoms with Gasteiger partial charge in [-0.25, -0.2) is 9.59 Å². The van der Waals surface area contributed by atoms with E-state index in [1.165, 1.54) is 17.9 Å². The Labute approximate surface area is 216 Å². The van der Waals surface area contributed by atoms with Crippen LogP contribution in [0.3, 0.4) is 0 Å². The Morgan fingerprint density at radius 3 is 2.27 bits per heavy atom. The monoisotopic (exact) mass is 497 g/mol. The summed E-state index contributed by atoms with van der Waals surface area (Å²) in [6.45, 7) is 5.35. The molecule has 5 rings (SSSR count). The molecule has 1 amide bonds. The van der Waals surface area contributed by atoms with Crippen molar-refractivity contribution >= 4 is 33.6 Å². The van der Waals surface area contributed by atoms with Crippen LogP contribution < -0.4 is 10.1 Å². The topological polar surface area (TPSA) is 73.9 Å². The first kappa shape index (κ1) is 24.6. The first-order valence-corrected chi connectivity index (χ1v) is 12.5. The summed E-state index contributed by atoms with van der Waals surface area (Å²) in [7, 11) is 1.33. The molecule has 0 heterocycles. The van der Waals surface area contributed by atoms with Crippen molar-refractivity contribution in [3.63, 3.8) is 0 Å². The number of ether oxygens (including phenoxy) is 3. The molecule has 1 N–H and O–H groups in total. The molecule has 0 saturated carbocycles. The maximum atomic E-state index is 12.9. The Hall–Kier alpha value is -4.06. The second-order valence-corrected chi connectivity index (χ2v) is 10.6. The Kier molecular flexibility index (Phi) is 6.28. The zero-order valence-corrected chi connectivity index (χ0v) is 21.6. The lowest BCUT2D eigenvalue weighted by atomic mass is 9.78. The zero-order chi connectivity index (χ0) is 26.2. The first-order chi connectivity index (χ1) is 17.7. The van der Waals surface area contributed by atoms with Gasteiger partial charge in [0, 0.05) is 6.42 Å². The molecule has 0 spiro atoms. The molecule has 6 nitrogen and oxygen atoms in total. The van der Waals surface area contributed by atoms with E-state index in [1.54, 1.807) is 20.8 Å². The maximum absolute atomic E-state index is 12.9. The average Bonchev–Trinajstić information content (AvgIpc) is 2.86. The maximum Gasteiger partial charge on any atom is 0.408 e. The second kappa shape index (κ2) is 9.43. The Balaban J connectivity index is 1.43. The molecule has 190 valence electrons. The third-order valence-corrected chi connectivity index (χ3v) is 6.76. The minimum Gasteiger partial charge on any atom is -0.467 e. The van der Waals surface area contributed by atoms with E-state index in [4.69, 9.17) is 14.2 Å². The summed E-state index contributed by atoms with van der Waals surface area (Å²) in [4.78, 5) is 25.5. The summed E-state index contributed by atoms with van der Waals surface area (Å²) in [6, 6.07) is 24.5. The SMILES string of the molecule is COC(=O)C1(NC(=O)OC(C)(C)C)CCc2ccc(Oc3ccc4ccc5ccccc5c4c3)cc2C1. The fourth-order valence-electron chi connectivity index (χ4n) is 5.04. The fourth-order valence-corrected chi connectivity index (χ4v) is 5.04. The van der Waals surface area contributed by atoms with Crippen LogP contribution >= 0.6 is 0 Å². The number of methoxy groups -OCH3 is 1. The van der Waals surface area contributed by atoms with E-state index >= 15 is 0 Å². The lowest BCUT2D eigenvalue weighted by Crippen LogP contribution is -2.59. The molecule has 0 radical (unpaired) electrons. The molecule has 4 aromatic rings. The molecule has 4 aromatic carbocycles. The number of fused-ring (bicyclic) bond motifs is 4. The van der Waals surface area contributed by atoms with Crippen molar-refractivity contribution in [1.29, 1.82) is 0 Å². The van der Waals surface area contributed by atoms with E-state index in [1.807, 2.05) is 36.4 Å². The molecule has 37 heavy (non-hydrogen) atoms. The number of alkyl carbamates (subject to hydrolysis) is 1. The van der Waals surface area contributed by atoms with Gasteiger partial charge in [-0.1, -0.05) is 48.5 Å². The highest BCUT2D eigenvalue weighted by Crippen LogP contribution is 2.35. The number of rotatable bonds is 4. The van der Waals surface area contributed by atoms with E-state index < -0.39 is 23.2 Å². The summed E-state index contributed by atoms with van der Waals surface area (Å²) in [5.41, 5.74) is 0.156. The van der Waals surface area contributed by atoms with Crippen molar-refractivity contribution < 1.29 is 23.8 Å². The average molecular weight is 498 g/mol. The number of carbonyl (C=O) groups excluding carboxylic acids is 2. The highest BCUT2D eigenvalue weighted by molar-refractivity contribution is 6.07. The van der Waals surface area contributed by atoms with Gasteiger partial charge in [-0.2, -0.15) is 0 Å². The summed E-state index contributed by atoms with van der Waals surface area (Å²) >= 11 is 0. The van der Waals surface area contributed by atoms with Gasteiger partial charge in [-0.3, -0.25) is 0 Å². The lowest BCUT2D eigenvalue weighted by molar-refractivity contribution is -0.149. The van der Waals surface area contributed by atoms with E-state index in [0.29, 0.717) is 18.6 Å². The van der Waals surface area contributed by atoms with E-state index in [0.717, 1.165) is 27.6 Å².